The summed E-state index contributed by atoms with van der Waals surface area (Å²) in [5.41, 5.74) is 2.14. The van der Waals surface area contributed by atoms with Crippen LogP contribution in [0.2, 0.25) is 0 Å². The van der Waals surface area contributed by atoms with Gasteiger partial charge in [-0.25, -0.2) is 0 Å². The summed E-state index contributed by atoms with van der Waals surface area (Å²) in [6, 6.07) is 3.97. The van der Waals surface area contributed by atoms with E-state index in [0.29, 0.717) is 5.75 Å². The van der Waals surface area contributed by atoms with Gasteiger partial charge in [0.05, 0.1) is 20.0 Å². The Morgan fingerprint density at radius 2 is 1.83 bits per heavy atom. The standard InChI is InChI=1S/C20H26O3/c1-5-7-8-9-11-16-12-15-13-19(21-3)20(22-4)14-17(15)18(23-16)10-6-2/h12-14,18H,5,7-9,11H2,1-4H3. The van der Waals surface area contributed by atoms with Crippen molar-refractivity contribution in [2.45, 2.75) is 52.1 Å². The van der Waals surface area contributed by atoms with Crippen LogP contribution in [0.1, 0.15) is 63.2 Å². The fourth-order valence-corrected chi connectivity index (χ4v) is 2.78. The molecule has 1 aromatic rings. The number of ether oxygens (including phenoxy) is 3. The van der Waals surface area contributed by atoms with Crippen molar-refractivity contribution in [1.82, 2.24) is 0 Å². The lowest BCUT2D eigenvalue weighted by Crippen LogP contribution is -2.10. The molecule has 1 unspecified atom stereocenters. The lowest BCUT2D eigenvalue weighted by molar-refractivity contribution is 0.152. The third-order valence-electron chi connectivity index (χ3n) is 4.01. The van der Waals surface area contributed by atoms with E-state index in [1.54, 1.807) is 14.2 Å². The van der Waals surface area contributed by atoms with Crippen molar-refractivity contribution in [3.8, 4) is 23.3 Å². The predicted octanol–water partition coefficient (Wildman–Crippen LogP) is 5.11. The molecule has 0 N–H and O–H groups in total. The predicted molar refractivity (Wildman–Crippen MR) is 93.6 cm³/mol. The first-order valence-corrected chi connectivity index (χ1v) is 8.28. The van der Waals surface area contributed by atoms with Gasteiger partial charge in [0, 0.05) is 12.0 Å². The van der Waals surface area contributed by atoms with Gasteiger partial charge in [0.2, 0.25) is 0 Å². The number of unbranched alkanes of at least 4 members (excludes halogenated alkanes) is 3. The highest BCUT2D eigenvalue weighted by Crippen LogP contribution is 2.39. The Hall–Kier alpha value is -2.08. The number of benzene rings is 1. The van der Waals surface area contributed by atoms with Crippen molar-refractivity contribution >= 4 is 6.08 Å². The van der Waals surface area contributed by atoms with Gasteiger partial charge in [-0.15, -0.1) is 5.92 Å². The van der Waals surface area contributed by atoms with Crippen molar-refractivity contribution in [2.24, 2.45) is 0 Å². The van der Waals surface area contributed by atoms with Gasteiger partial charge in [-0.3, -0.25) is 0 Å². The summed E-state index contributed by atoms with van der Waals surface area (Å²) in [6.45, 7) is 4.06. The van der Waals surface area contributed by atoms with Gasteiger partial charge in [0.25, 0.3) is 0 Å². The van der Waals surface area contributed by atoms with Crippen molar-refractivity contribution in [3.63, 3.8) is 0 Å². The van der Waals surface area contributed by atoms with Crippen LogP contribution in [0, 0.1) is 11.8 Å². The average molecular weight is 314 g/mol. The molecular weight excluding hydrogens is 288 g/mol. The second kappa shape index (κ2) is 8.53. The maximum Gasteiger partial charge on any atom is 0.184 e. The van der Waals surface area contributed by atoms with Gasteiger partial charge in [0.1, 0.15) is 0 Å². The van der Waals surface area contributed by atoms with E-state index in [0.717, 1.165) is 35.5 Å². The first-order valence-electron chi connectivity index (χ1n) is 8.28. The van der Waals surface area contributed by atoms with Crippen LogP contribution in [-0.4, -0.2) is 14.2 Å². The van der Waals surface area contributed by atoms with Crippen LogP contribution >= 0.6 is 0 Å². The molecule has 0 saturated heterocycles. The first-order chi connectivity index (χ1) is 11.2. The van der Waals surface area contributed by atoms with E-state index in [1.807, 2.05) is 19.1 Å². The molecule has 3 heteroatoms. The summed E-state index contributed by atoms with van der Waals surface area (Å²) in [4.78, 5) is 0. The molecule has 0 saturated carbocycles. The van der Waals surface area contributed by atoms with Gasteiger partial charge < -0.3 is 14.2 Å². The van der Waals surface area contributed by atoms with Gasteiger partial charge in [-0.2, -0.15) is 0 Å². The Balaban J connectivity index is 2.30. The van der Waals surface area contributed by atoms with Crippen LogP contribution < -0.4 is 9.47 Å². The Kier molecular flexibility index (Phi) is 6.40. The highest BCUT2D eigenvalue weighted by Gasteiger charge is 2.23. The summed E-state index contributed by atoms with van der Waals surface area (Å²) in [5, 5.41) is 0. The van der Waals surface area contributed by atoms with Gasteiger partial charge in [-0.05, 0) is 37.1 Å². The van der Waals surface area contributed by atoms with Gasteiger partial charge in [-0.1, -0.05) is 32.1 Å². The molecule has 0 aliphatic carbocycles. The molecule has 0 aromatic heterocycles. The topological polar surface area (TPSA) is 27.7 Å². The van der Waals surface area contributed by atoms with Crippen molar-refractivity contribution in [3.05, 3.63) is 29.0 Å². The molecule has 0 fully saturated rings. The molecule has 1 atom stereocenters. The van der Waals surface area contributed by atoms with Crippen LogP contribution in [0.4, 0.5) is 0 Å². The van der Waals surface area contributed by atoms with Crippen molar-refractivity contribution in [2.75, 3.05) is 14.2 Å². The van der Waals surface area contributed by atoms with E-state index < -0.39 is 0 Å². The zero-order valence-corrected chi connectivity index (χ0v) is 14.6. The summed E-state index contributed by atoms with van der Waals surface area (Å²) in [5.74, 6) is 8.57. The van der Waals surface area contributed by atoms with Crippen molar-refractivity contribution in [1.29, 1.82) is 0 Å². The van der Waals surface area contributed by atoms with E-state index in [1.165, 1.54) is 19.3 Å². The molecule has 124 valence electrons. The molecule has 0 amide bonds. The fraction of sp³-hybridized carbons (Fsp3) is 0.500. The number of hydrogen-bond donors (Lipinski definition) is 0. The normalized spacial score (nSPS) is 15.7. The molecule has 1 aliphatic rings. The van der Waals surface area contributed by atoms with Gasteiger partial charge in [0.15, 0.2) is 17.6 Å². The van der Waals surface area contributed by atoms with Gasteiger partial charge >= 0.3 is 0 Å². The largest absolute Gasteiger partial charge is 0.493 e. The smallest absolute Gasteiger partial charge is 0.184 e. The van der Waals surface area contributed by atoms with Crippen LogP contribution in [-0.2, 0) is 4.74 Å². The molecule has 0 bridgehead atoms. The number of methoxy groups -OCH3 is 2. The number of hydrogen-bond acceptors (Lipinski definition) is 3. The monoisotopic (exact) mass is 314 g/mol. The van der Waals surface area contributed by atoms with E-state index in [-0.39, 0.29) is 6.10 Å². The molecule has 1 aromatic carbocycles. The SMILES string of the molecule is CC#CC1OC(CCCCCC)=Cc2cc(OC)c(OC)cc21. The molecule has 0 spiro atoms. The fourth-order valence-electron chi connectivity index (χ4n) is 2.78. The Bertz CT molecular complexity index is 620. The Morgan fingerprint density at radius 1 is 1.09 bits per heavy atom. The quantitative estimate of drug-likeness (QED) is 0.517. The number of rotatable bonds is 7. The van der Waals surface area contributed by atoms with E-state index >= 15 is 0 Å². The first kappa shape index (κ1) is 17.3. The number of fused-ring (bicyclic) bond motifs is 1. The molecule has 0 radical (unpaired) electrons. The van der Waals surface area contributed by atoms with Crippen molar-refractivity contribution < 1.29 is 14.2 Å². The molecular formula is C20H26O3. The lowest BCUT2D eigenvalue weighted by atomic mass is 9.97. The summed E-state index contributed by atoms with van der Waals surface area (Å²) in [6.07, 6.45) is 7.72. The molecule has 3 nitrogen and oxygen atoms in total. The molecule has 1 aliphatic heterocycles. The molecule has 2 rings (SSSR count). The highest BCUT2D eigenvalue weighted by atomic mass is 16.5. The lowest BCUT2D eigenvalue weighted by Gasteiger charge is -2.25. The maximum atomic E-state index is 6.10. The highest BCUT2D eigenvalue weighted by molar-refractivity contribution is 5.64. The minimum atomic E-state index is -0.235. The molecule has 1 heterocycles. The Labute approximate surface area is 139 Å². The minimum Gasteiger partial charge on any atom is -0.493 e. The molecule has 23 heavy (non-hydrogen) atoms. The van der Waals surface area contributed by atoms with Crippen LogP contribution in [0.3, 0.4) is 0 Å². The second-order valence-corrected chi connectivity index (χ2v) is 5.65. The summed E-state index contributed by atoms with van der Waals surface area (Å²) in [7, 11) is 3.30. The maximum absolute atomic E-state index is 6.10. The third-order valence-corrected chi connectivity index (χ3v) is 4.01. The van der Waals surface area contributed by atoms with E-state index in [9.17, 15) is 0 Å². The minimum absolute atomic E-state index is 0.235. The Morgan fingerprint density at radius 3 is 2.48 bits per heavy atom. The van der Waals surface area contributed by atoms with Crippen LogP contribution in [0.15, 0.2) is 17.9 Å². The van der Waals surface area contributed by atoms with Crippen LogP contribution in [0.25, 0.3) is 6.08 Å². The zero-order chi connectivity index (χ0) is 16.7. The average Bonchev–Trinajstić information content (AvgIpc) is 2.57. The second-order valence-electron chi connectivity index (χ2n) is 5.65. The third kappa shape index (κ3) is 4.22. The summed E-state index contributed by atoms with van der Waals surface area (Å²) >= 11 is 0. The summed E-state index contributed by atoms with van der Waals surface area (Å²) < 4.78 is 16.9. The zero-order valence-electron chi connectivity index (χ0n) is 14.6. The van der Waals surface area contributed by atoms with E-state index in [2.05, 4.69) is 24.8 Å². The number of allylic oxidation sites excluding steroid dienone is 1. The van der Waals surface area contributed by atoms with E-state index in [4.69, 9.17) is 14.2 Å². The van der Waals surface area contributed by atoms with Crippen LogP contribution in [0.5, 0.6) is 11.5 Å².